The van der Waals surface area contributed by atoms with Gasteiger partial charge in [-0.15, -0.1) is 0 Å². The number of benzene rings is 1. The first-order valence-corrected chi connectivity index (χ1v) is 8.14. The van der Waals surface area contributed by atoms with Crippen LogP contribution in [0.25, 0.3) is 11.4 Å². The molecule has 2 aromatic rings. The SMILES string of the molecule is CCC1=Cc2c(Br)cp(-c3ccccc3)c2C1. The lowest BCUT2D eigenvalue weighted by Crippen LogP contribution is -1.79. The molecule has 0 radical (unpaired) electrons. The molecule has 1 aromatic heterocycles. The van der Waals surface area contributed by atoms with E-state index < -0.39 is 0 Å². The first-order chi connectivity index (χ1) is 8.29. The number of hydrogen-bond donors (Lipinski definition) is 0. The second kappa shape index (κ2) is 4.48. The highest BCUT2D eigenvalue weighted by atomic mass is 79.9. The molecule has 0 nitrogen and oxygen atoms in total. The third-order valence-electron chi connectivity index (χ3n) is 3.33. The van der Waals surface area contributed by atoms with Crippen molar-refractivity contribution in [1.82, 2.24) is 0 Å². The Balaban J connectivity index is 2.11. The van der Waals surface area contributed by atoms with Crippen LogP contribution in [-0.2, 0) is 6.42 Å². The topological polar surface area (TPSA) is 0 Å². The van der Waals surface area contributed by atoms with Gasteiger partial charge in [0.25, 0.3) is 0 Å². The molecule has 1 atom stereocenters. The quantitative estimate of drug-likeness (QED) is 0.660. The van der Waals surface area contributed by atoms with Gasteiger partial charge in [-0.3, -0.25) is 0 Å². The fraction of sp³-hybridized carbons (Fsp3) is 0.200. The second-order valence-electron chi connectivity index (χ2n) is 4.38. The number of rotatable bonds is 2. The molecule has 17 heavy (non-hydrogen) atoms. The molecule has 1 aliphatic rings. The molecular formula is C15H14BrP. The van der Waals surface area contributed by atoms with Gasteiger partial charge in [-0.2, -0.15) is 0 Å². The fourth-order valence-corrected chi connectivity index (χ4v) is 5.79. The number of allylic oxidation sites excluding steroid dienone is 1. The maximum Gasteiger partial charge on any atom is 0.0296 e. The van der Waals surface area contributed by atoms with E-state index >= 15 is 0 Å². The molecule has 0 fully saturated rings. The van der Waals surface area contributed by atoms with Crippen LogP contribution in [0.5, 0.6) is 0 Å². The van der Waals surface area contributed by atoms with Gasteiger partial charge in [-0.25, -0.2) is 0 Å². The van der Waals surface area contributed by atoms with Gasteiger partial charge in [0.05, 0.1) is 0 Å². The van der Waals surface area contributed by atoms with E-state index in [0.717, 1.165) is 0 Å². The predicted molar refractivity (Wildman–Crippen MR) is 80.2 cm³/mol. The first-order valence-electron chi connectivity index (χ1n) is 5.94. The lowest BCUT2D eigenvalue weighted by Gasteiger charge is -2.04. The molecule has 0 aliphatic heterocycles. The molecule has 1 aromatic carbocycles. The normalized spacial score (nSPS) is 14.7. The monoisotopic (exact) mass is 304 g/mol. The van der Waals surface area contributed by atoms with Gasteiger partial charge in [0, 0.05) is 4.47 Å². The van der Waals surface area contributed by atoms with E-state index in [2.05, 4.69) is 65.1 Å². The summed E-state index contributed by atoms with van der Waals surface area (Å²) in [7, 11) is -0.234. The zero-order chi connectivity index (χ0) is 11.8. The van der Waals surface area contributed by atoms with Crippen LogP contribution >= 0.6 is 23.5 Å². The smallest absolute Gasteiger partial charge is 0.0296 e. The van der Waals surface area contributed by atoms with Gasteiger partial charge in [-0.1, -0.05) is 56.4 Å². The first kappa shape index (κ1) is 11.3. The number of fused-ring (bicyclic) bond motifs is 1. The largest absolute Gasteiger partial charge is 0.0880 e. The van der Waals surface area contributed by atoms with Crippen molar-refractivity contribution in [2.45, 2.75) is 19.8 Å². The lowest BCUT2D eigenvalue weighted by atomic mass is 10.2. The minimum atomic E-state index is -0.234. The van der Waals surface area contributed by atoms with Crippen molar-refractivity contribution in [2.24, 2.45) is 0 Å². The average molecular weight is 305 g/mol. The third kappa shape index (κ3) is 1.92. The van der Waals surface area contributed by atoms with Crippen LogP contribution in [0.1, 0.15) is 24.2 Å². The van der Waals surface area contributed by atoms with Gasteiger partial charge in [0.2, 0.25) is 0 Å². The van der Waals surface area contributed by atoms with Crippen LogP contribution in [0.4, 0.5) is 0 Å². The second-order valence-corrected chi connectivity index (χ2v) is 7.28. The van der Waals surface area contributed by atoms with Crippen LogP contribution < -0.4 is 0 Å². The van der Waals surface area contributed by atoms with E-state index in [9.17, 15) is 0 Å². The molecule has 1 aliphatic carbocycles. The van der Waals surface area contributed by atoms with Gasteiger partial charge in [0.1, 0.15) is 0 Å². The molecule has 0 amide bonds. The van der Waals surface area contributed by atoms with Crippen LogP contribution in [0.2, 0.25) is 0 Å². The fourth-order valence-electron chi connectivity index (χ4n) is 2.38. The number of hydrogen-bond acceptors (Lipinski definition) is 0. The Labute approximate surface area is 112 Å². The summed E-state index contributed by atoms with van der Waals surface area (Å²) in [5.41, 5.74) is 3.03. The van der Waals surface area contributed by atoms with Crippen molar-refractivity contribution in [3.05, 3.63) is 57.0 Å². The summed E-state index contributed by atoms with van der Waals surface area (Å²) in [6, 6.07) is 10.9. The lowest BCUT2D eigenvalue weighted by molar-refractivity contribution is 1.05. The van der Waals surface area contributed by atoms with Crippen LogP contribution in [0.15, 0.2) is 46.2 Å². The van der Waals surface area contributed by atoms with Crippen molar-refractivity contribution < 1.29 is 0 Å². The molecule has 0 saturated heterocycles. The zero-order valence-electron chi connectivity index (χ0n) is 9.78. The van der Waals surface area contributed by atoms with E-state index in [-0.39, 0.29) is 7.53 Å². The van der Waals surface area contributed by atoms with Crippen LogP contribution in [-0.4, -0.2) is 0 Å². The predicted octanol–water partition coefficient (Wildman–Crippen LogP) is 5.77. The highest BCUT2D eigenvalue weighted by Gasteiger charge is 2.20. The number of halogens is 1. The van der Waals surface area contributed by atoms with Gasteiger partial charge < -0.3 is 0 Å². The molecular weight excluding hydrogens is 291 g/mol. The van der Waals surface area contributed by atoms with Crippen molar-refractivity contribution in [1.29, 1.82) is 0 Å². The summed E-state index contributed by atoms with van der Waals surface area (Å²) < 4.78 is 1.30. The van der Waals surface area contributed by atoms with E-state index in [1.54, 1.807) is 10.9 Å². The Kier molecular flexibility index (Phi) is 2.98. The maximum atomic E-state index is 3.71. The highest BCUT2D eigenvalue weighted by Crippen LogP contribution is 2.53. The van der Waals surface area contributed by atoms with E-state index in [1.165, 1.54) is 28.2 Å². The summed E-state index contributed by atoms with van der Waals surface area (Å²) in [5, 5.41) is 3.10. The minimum absolute atomic E-state index is 0.234. The molecule has 1 unspecified atom stereocenters. The van der Waals surface area contributed by atoms with Crippen molar-refractivity contribution in [3.63, 3.8) is 0 Å². The summed E-state index contributed by atoms with van der Waals surface area (Å²) >= 11 is 3.71. The molecule has 0 spiro atoms. The Morgan fingerprint density at radius 2 is 2.00 bits per heavy atom. The summed E-state index contributed by atoms with van der Waals surface area (Å²) in [6.45, 7) is 2.25. The van der Waals surface area contributed by atoms with Crippen molar-refractivity contribution in [3.8, 4) is 5.30 Å². The zero-order valence-corrected chi connectivity index (χ0v) is 12.3. The summed E-state index contributed by atoms with van der Waals surface area (Å²) in [5.74, 6) is 2.40. The van der Waals surface area contributed by atoms with Gasteiger partial charge >= 0.3 is 0 Å². The molecule has 0 saturated carbocycles. The van der Waals surface area contributed by atoms with Crippen molar-refractivity contribution in [2.75, 3.05) is 0 Å². The molecule has 86 valence electrons. The molecule has 1 heterocycles. The van der Waals surface area contributed by atoms with Crippen LogP contribution in [0, 0.1) is 0 Å². The van der Waals surface area contributed by atoms with E-state index in [0.29, 0.717) is 0 Å². The Morgan fingerprint density at radius 1 is 1.24 bits per heavy atom. The Bertz CT molecular complexity index is 578. The standard InChI is InChI=1S/C15H14BrP/c1-2-11-8-13-14(16)10-17(15(13)9-11)12-6-4-3-5-7-12/h3-8,10H,2,9H2,1H3. The van der Waals surface area contributed by atoms with Crippen molar-refractivity contribution >= 4 is 29.5 Å². The van der Waals surface area contributed by atoms with E-state index in [4.69, 9.17) is 0 Å². The molecule has 0 bridgehead atoms. The van der Waals surface area contributed by atoms with Gasteiger partial charge in [-0.05, 0) is 50.7 Å². The Morgan fingerprint density at radius 3 is 2.71 bits per heavy atom. The van der Waals surface area contributed by atoms with E-state index in [1.807, 2.05) is 0 Å². The third-order valence-corrected chi connectivity index (χ3v) is 6.69. The average Bonchev–Trinajstić information content (AvgIpc) is 2.91. The minimum Gasteiger partial charge on any atom is -0.0880 e. The van der Waals surface area contributed by atoms with Gasteiger partial charge in [0.15, 0.2) is 0 Å². The molecule has 0 N–H and O–H groups in total. The maximum absolute atomic E-state index is 3.71. The summed E-state index contributed by atoms with van der Waals surface area (Å²) in [6.07, 6.45) is 4.73. The molecule has 2 heteroatoms. The molecule has 3 rings (SSSR count). The summed E-state index contributed by atoms with van der Waals surface area (Å²) in [4.78, 5) is 0. The van der Waals surface area contributed by atoms with Crippen LogP contribution in [0.3, 0.4) is 0 Å². The highest BCUT2D eigenvalue weighted by molar-refractivity contribution is 9.10. The Hall–Kier alpha value is -0.780.